The predicted molar refractivity (Wildman–Crippen MR) is 107 cm³/mol. The fourth-order valence-corrected chi connectivity index (χ4v) is 4.24. The van der Waals surface area contributed by atoms with Crippen LogP contribution in [0.2, 0.25) is 0 Å². The van der Waals surface area contributed by atoms with Crippen molar-refractivity contribution in [1.82, 2.24) is 19.3 Å². The molecule has 3 heterocycles. The summed E-state index contributed by atoms with van der Waals surface area (Å²) in [6.45, 7) is 3.33. The summed E-state index contributed by atoms with van der Waals surface area (Å²) in [4.78, 5) is 4.94. The molecule has 1 aromatic carbocycles. The Kier molecular flexibility index (Phi) is 4.67. The SMILES string of the molecule is C[C@H]1CCc2c(ccc3c2nc(CCn2cccn2)n3CCS(C)(=O)=O)N1. The van der Waals surface area contributed by atoms with Gasteiger partial charge in [0.15, 0.2) is 0 Å². The summed E-state index contributed by atoms with van der Waals surface area (Å²) in [7, 11) is -3.05. The lowest BCUT2D eigenvalue weighted by molar-refractivity contribution is 0.574. The minimum atomic E-state index is -3.05. The summed E-state index contributed by atoms with van der Waals surface area (Å²) in [5, 5.41) is 7.78. The molecule has 4 rings (SSSR count). The van der Waals surface area contributed by atoms with E-state index in [1.165, 1.54) is 11.8 Å². The number of hydrogen-bond acceptors (Lipinski definition) is 5. The van der Waals surface area contributed by atoms with Crippen LogP contribution in [0.5, 0.6) is 0 Å². The van der Waals surface area contributed by atoms with E-state index in [0.29, 0.717) is 25.6 Å². The van der Waals surface area contributed by atoms with Crippen LogP contribution in [0.1, 0.15) is 24.7 Å². The first kappa shape index (κ1) is 18.0. The minimum absolute atomic E-state index is 0.111. The van der Waals surface area contributed by atoms with Gasteiger partial charge in [-0.05, 0) is 38.0 Å². The molecule has 144 valence electrons. The van der Waals surface area contributed by atoms with Crippen molar-refractivity contribution >= 4 is 26.6 Å². The highest BCUT2D eigenvalue weighted by molar-refractivity contribution is 7.90. The van der Waals surface area contributed by atoms with Gasteiger partial charge in [-0.2, -0.15) is 5.10 Å². The number of aromatic nitrogens is 4. The van der Waals surface area contributed by atoms with Crippen molar-refractivity contribution in [3.63, 3.8) is 0 Å². The molecule has 3 aromatic rings. The van der Waals surface area contributed by atoms with Gasteiger partial charge in [-0.3, -0.25) is 4.68 Å². The van der Waals surface area contributed by atoms with Crippen LogP contribution in [0.15, 0.2) is 30.6 Å². The number of fused-ring (bicyclic) bond motifs is 3. The fourth-order valence-electron chi connectivity index (χ4n) is 3.73. The first-order valence-electron chi connectivity index (χ1n) is 9.33. The second-order valence-corrected chi connectivity index (χ2v) is 9.63. The molecule has 0 radical (unpaired) electrons. The average molecular weight is 388 g/mol. The van der Waals surface area contributed by atoms with E-state index in [4.69, 9.17) is 4.98 Å². The molecule has 0 bridgehead atoms. The van der Waals surface area contributed by atoms with Gasteiger partial charge in [0.25, 0.3) is 0 Å². The third kappa shape index (κ3) is 3.85. The number of anilines is 1. The third-order valence-corrected chi connectivity index (χ3v) is 6.07. The molecular formula is C19H25N5O2S. The van der Waals surface area contributed by atoms with Gasteiger partial charge in [-0.15, -0.1) is 0 Å². The monoisotopic (exact) mass is 387 g/mol. The molecule has 0 saturated carbocycles. The highest BCUT2D eigenvalue weighted by Crippen LogP contribution is 2.32. The molecule has 0 amide bonds. The quantitative estimate of drug-likeness (QED) is 0.702. The smallest absolute Gasteiger partial charge is 0.149 e. The van der Waals surface area contributed by atoms with E-state index in [2.05, 4.69) is 34.0 Å². The standard InChI is InChI=1S/C19H25N5O2S/c1-14-4-5-15-16(21-14)6-7-17-19(15)22-18(8-11-23-10-3-9-20-23)24(17)12-13-27(2,25)26/h3,6-7,9-10,14,21H,4-5,8,11-13H2,1-2H3/t14-/m0/s1. The van der Waals surface area contributed by atoms with E-state index >= 15 is 0 Å². The summed E-state index contributed by atoms with van der Waals surface area (Å²) in [6, 6.07) is 6.52. The Bertz CT molecular complexity index is 1050. The zero-order chi connectivity index (χ0) is 19.0. The van der Waals surface area contributed by atoms with Crippen molar-refractivity contribution in [1.29, 1.82) is 0 Å². The topological polar surface area (TPSA) is 81.8 Å². The van der Waals surface area contributed by atoms with Crippen LogP contribution in [-0.4, -0.2) is 45.8 Å². The Morgan fingerprint density at radius 3 is 2.89 bits per heavy atom. The van der Waals surface area contributed by atoms with Crippen molar-refractivity contribution in [3.8, 4) is 0 Å². The third-order valence-electron chi connectivity index (χ3n) is 5.14. The zero-order valence-corrected chi connectivity index (χ0v) is 16.5. The fraction of sp³-hybridized carbons (Fsp3) is 0.474. The molecular weight excluding hydrogens is 362 g/mol. The molecule has 1 atom stereocenters. The number of nitrogens with zero attached hydrogens (tertiary/aromatic N) is 4. The second kappa shape index (κ2) is 6.99. The predicted octanol–water partition coefficient (Wildman–Crippen LogP) is 2.27. The van der Waals surface area contributed by atoms with Crippen LogP contribution in [0, 0.1) is 0 Å². The van der Waals surface area contributed by atoms with Gasteiger partial charge < -0.3 is 9.88 Å². The van der Waals surface area contributed by atoms with Crippen molar-refractivity contribution in [2.75, 3.05) is 17.3 Å². The molecule has 8 heteroatoms. The zero-order valence-electron chi connectivity index (χ0n) is 15.7. The van der Waals surface area contributed by atoms with Gasteiger partial charge in [0.1, 0.15) is 15.7 Å². The van der Waals surface area contributed by atoms with Gasteiger partial charge >= 0.3 is 0 Å². The molecule has 27 heavy (non-hydrogen) atoms. The minimum Gasteiger partial charge on any atom is -0.382 e. The first-order valence-corrected chi connectivity index (χ1v) is 11.4. The van der Waals surface area contributed by atoms with Crippen molar-refractivity contribution in [2.24, 2.45) is 0 Å². The first-order chi connectivity index (χ1) is 12.9. The van der Waals surface area contributed by atoms with Crippen LogP contribution in [-0.2, 0) is 35.8 Å². The van der Waals surface area contributed by atoms with Gasteiger partial charge in [-0.1, -0.05) is 0 Å². The van der Waals surface area contributed by atoms with E-state index < -0.39 is 9.84 Å². The number of benzene rings is 1. The molecule has 0 saturated heterocycles. The van der Waals surface area contributed by atoms with Gasteiger partial charge in [0, 0.05) is 55.5 Å². The Balaban J connectivity index is 1.74. The Morgan fingerprint density at radius 2 is 2.15 bits per heavy atom. The molecule has 0 aliphatic carbocycles. The maximum absolute atomic E-state index is 11.7. The summed E-state index contributed by atoms with van der Waals surface area (Å²) < 4.78 is 27.4. The highest BCUT2D eigenvalue weighted by Gasteiger charge is 2.21. The lowest BCUT2D eigenvalue weighted by atomic mass is 9.98. The van der Waals surface area contributed by atoms with E-state index in [1.807, 2.05) is 16.9 Å². The number of rotatable bonds is 6. The second-order valence-electron chi connectivity index (χ2n) is 7.37. The van der Waals surface area contributed by atoms with E-state index in [-0.39, 0.29) is 5.75 Å². The van der Waals surface area contributed by atoms with Gasteiger partial charge in [0.05, 0.1) is 16.8 Å². The number of hydrogen-bond donors (Lipinski definition) is 1. The van der Waals surface area contributed by atoms with Crippen LogP contribution < -0.4 is 5.32 Å². The summed E-state index contributed by atoms with van der Waals surface area (Å²) >= 11 is 0. The number of sulfone groups is 1. The van der Waals surface area contributed by atoms with E-state index in [1.54, 1.807) is 6.20 Å². The lowest BCUT2D eigenvalue weighted by Gasteiger charge is -2.24. The van der Waals surface area contributed by atoms with Gasteiger partial charge in [-0.25, -0.2) is 13.4 Å². The molecule has 1 aliphatic rings. The lowest BCUT2D eigenvalue weighted by Crippen LogP contribution is -2.22. The Morgan fingerprint density at radius 1 is 1.30 bits per heavy atom. The van der Waals surface area contributed by atoms with E-state index in [9.17, 15) is 8.42 Å². The summed E-state index contributed by atoms with van der Waals surface area (Å²) in [5.74, 6) is 1.02. The number of imidazole rings is 1. The molecule has 1 aliphatic heterocycles. The van der Waals surface area contributed by atoms with Crippen LogP contribution in [0.3, 0.4) is 0 Å². The highest BCUT2D eigenvalue weighted by atomic mass is 32.2. The summed E-state index contributed by atoms with van der Waals surface area (Å²) in [6.07, 6.45) is 7.74. The molecule has 0 spiro atoms. The van der Waals surface area contributed by atoms with Crippen LogP contribution >= 0.6 is 0 Å². The maximum atomic E-state index is 11.7. The summed E-state index contributed by atoms with van der Waals surface area (Å²) in [5.41, 5.74) is 4.40. The molecule has 0 unspecified atom stereocenters. The maximum Gasteiger partial charge on any atom is 0.149 e. The van der Waals surface area contributed by atoms with Gasteiger partial charge in [0.2, 0.25) is 0 Å². The largest absolute Gasteiger partial charge is 0.382 e. The Hall–Kier alpha value is -2.35. The number of nitrogens with one attached hydrogen (secondary N) is 1. The van der Waals surface area contributed by atoms with Crippen molar-refractivity contribution in [3.05, 3.63) is 42.0 Å². The molecule has 2 aromatic heterocycles. The molecule has 7 nitrogen and oxygen atoms in total. The van der Waals surface area contributed by atoms with E-state index in [0.717, 1.165) is 35.4 Å². The van der Waals surface area contributed by atoms with Crippen molar-refractivity contribution < 1.29 is 8.42 Å². The van der Waals surface area contributed by atoms with Crippen LogP contribution in [0.4, 0.5) is 5.69 Å². The average Bonchev–Trinajstić information content (AvgIpc) is 3.24. The Labute approximate surface area is 159 Å². The van der Waals surface area contributed by atoms with Crippen LogP contribution in [0.25, 0.3) is 11.0 Å². The normalized spacial score (nSPS) is 17.0. The number of aryl methyl sites for hydroxylation is 4. The van der Waals surface area contributed by atoms with Crippen molar-refractivity contribution in [2.45, 2.75) is 45.3 Å². The molecule has 0 fully saturated rings. The molecule has 1 N–H and O–H groups in total.